The van der Waals surface area contributed by atoms with Crippen LogP contribution < -0.4 is 0 Å². The Morgan fingerprint density at radius 1 is 1.32 bits per heavy atom. The van der Waals surface area contributed by atoms with Crippen LogP contribution in [0.15, 0.2) is 17.7 Å². The fraction of sp³-hybridized carbons (Fsp3) is 0.591. The number of aromatic hydroxyl groups is 2. The summed E-state index contributed by atoms with van der Waals surface area (Å²) < 4.78 is 5.11. The average Bonchev–Trinajstić information content (AvgIpc) is 2.66. The number of benzene rings is 1. The lowest BCUT2D eigenvalue weighted by Crippen LogP contribution is -2.22. The van der Waals surface area contributed by atoms with Crippen LogP contribution in [0.2, 0.25) is 0 Å². The fourth-order valence-electron chi connectivity index (χ4n) is 3.71. The van der Waals surface area contributed by atoms with E-state index in [4.69, 9.17) is 9.84 Å². The smallest absolute Gasteiger partial charge is 0.342 e. The van der Waals surface area contributed by atoms with Crippen molar-refractivity contribution in [2.75, 3.05) is 13.2 Å². The van der Waals surface area contributed by atoms with Gasteiger partial charge in [0.05, 0.1) is 6.61 Å². The van der Waals surface area contributed by atoms with E-state index in [9.17, 15) is 20.1 Å². The number of aryl methyl sites for hydroxylation is 1. The fourth-order valence-corrected chi connectivity index (χ4v) is 3.71. The third-order valence-electron chi connectivity index (χ3n) is 5.21. The lowest BCUT2D eigenvalue weighted by molar-refractivity contribution is 0.00902. The number of rotatable bonds is 9. The minimum absolute atomic E-state index is 0.00751. The predicted molar refractivity (Wildman–Crippen MR) is 107 cm³/mol. The molecule has 0 heterocycles. The van der Waals surface area contributed by atoms with Crippen LogP contribution in [0.4, 0.5) is 0 Å². The maximum absolute atomic E-state index is 12.7. The van der Waals surface area contributed by atoms with Crippen molar-refractivity contribution in [3.05, 3.63) is 34.4 Å². The SMILES string of the molecule is CCCCCc1cc(O)c(C2C=C(C)CCC2)c(O)c1C(=O)OCC(O)CO. The lowest BCUT2D eigenvalue weighted by atomic mass is 9.83. The van der Waals surface area contributed by atoms with E-state index in [1.807, 2.05) is 13.0 Å². The molecule has 0 aromatic heterocycles. The molecule has 2 atom stereocenters. The zero-order valence-corrected chi connectivity index (χ0v) is 16.8. The highest BCUT2D eigenvalue weighted by molar-refractivity contribution is 5.95. The normalized spacial score (nSPS) is 17.9. The average molecular weight is 392 g/mol. The number of aliphatic hydroxyl groups is 2. The van der Waals surface area contributed by atoms with Crippen LogP contribution >= 0.6 is 0 Å². The molecule has 1 aromatic rings. The molecule has 0 spiro atoms. The van der Waals surface area contributed by atoms with Gasteiger partial charge in [0.15, 0.2) is 0 Å². The Labute approximate surface area is 166 Å². The maximum Gasteiger partial charge on any atom is 0.342 e. The summed E-state index contributed by atoms with van der Waals surface area (Å²) >= 11 is 0. The third-order valence-corrected chi connectivity index (χ3v) is 5.21. The number of allylic oxidation sites excluding steroid dienone is 2. The molecule has 156 valence electrons. The molecule has 2 unspecified atom stereocenters. The summed E-state index contributed by atoms with van der Waals surface area (Å²) in [7, 11) is 0. The summed E-state index contributed by atoms with van der Waals surface area (Å²) in [5.41, 5.74) is 2.13. The molecular weight excluding hydrogens is 360 g/mol. The highest BCUT2D eigenvalue weighted by atomic mass is 16.5. The first-order valence-corrected chi connectivity index (χ1v) is 10.1. The first-order chi connectivity index (χ1) is 13.4. The van der Waals surface area contributed by atoms with Gasteiger partial charge in [-0.25, -0.2) is 4.79 Å². The number of aliphatic hydroxyl groups excluding tert-OH is 2. The summed E-state index contributed by atoms with van der Waals surface area (Å²) in [5, 5.41) is 39.9. The molecule has 6 nitrogen and oxygen atoms in total. The van der Waals surface area contributed by atoms with Crippen molar-refractivity contribution in [1.29, 1.82) is 0 Å². The standard InChI is InChI=1S/C22H32O6/c1-3-4-5-8-16-11-18(25)19(15-9-6-7-14(2)10-15)21(26)20(16)22(27)28-13-17(24)12-23/h10-11,15,17,23-26H,3-9,12-13H2,1-2H3. The molecule has 0 bridgehead atoms. The van der Waals surface area contributed by atoms with Crippen LogP contribution in [0.5, 0.6) is 11.5 Å². The van der Waals surface area contributed by atoms with E-state index in [2.05, 4.69) is 6.92 Å². The minimum atomic E-state index is -1.17. The third kappa shape index (κ3) is 5.49. The van der Waals surface area contributed by atoms with Crippen molar-refractivity contribution < 1.29 is 30.0 Å². The lowest BCUT2D eigenvalue weighted by Gasteiger charge is -2.24. The molecule has 28 heavy (non-hydrogen) atoms. The van der Waals surface area contributed by atoms with Gasteiger partial charge in [0.2, 0.25) is 0 Å². The number of phenolic OH excluding ortho intramolecular Hbond substituents is 2. The van der Waals surface area contributed by atoms with Gasteiger partial charge in [0, 0.05) is 11.5 Å². The first-order valence-electron chi connectivity index (χ1n) is 10.1. The van der Waals surface area contributed by atoms with E-state index in [1.165, 1.54) is 5.57 Å². The van der Waals surface area contributed by atoms with Crippen LogP contribution in [0.1, 0.15) is 79.8 Å². The highest BCUT2D eigenvalue weighted by Crippen LogP contribution is 2.44. The molecule has 2 rings (SSSR count). The van der Waals surface area contributed by atoms with Gasteiger partial charge >= 0.3 is 5.97 Å². The summed E-state index contributed by atoms with van der Waals surface area (Å²) in [6, 6.07) is 1.56. The molecule has 1 aliphatic rings. The number of hydrogen-bond donors (Lipinski definition) is 4. The number of carbonyl (C=O) groups is 1. The molecule has 1 aromatic carbocycles. The Morgan fingerprint density at radius 3 is 2.71 bits per heavy atom. The van der Waals surface area contributed by atoms with Crippen molar-refractivity contribution in [2.45, 2.75) is 70.8 Å². The number of unbranched alkanes of at least 4 members (excludes halogenated alkanes) is 2. The van der Waals surface area contributed by atoms with Crippen molar-refractivity contribution in [3.8, 4) is 11.5 Å². The molecule has 1 aliphatic carbocycles. The summed E-state index contributed by atoms with van der Waals surface area (Å²) in [4.78, 5) is 12.7. The molecule has 0 radical (unpaired) electrons. The Bertz CT molecular complexity index is 709. The number of hydrogen-bond acceptors (Lipinski definition) is 6. The Hall–Kier alpha value is -2.05. The molecule has 6 heteroatoms. The quantitative estimate of drug-likeness (QED) is 0.291. The molecule has 0 saturated heterocycles. The van der Waals surface area contributed by atoms with Gasteiger partial charge in [0.25, 0.3) is 0 Å². The van der Waals surface area contributed by atoms with Crippen molar-refractivity contribution in [3.63, 3.8) is 0 Å². The number of ether oxygens (including phenoxy) is 1. The van der Waals surface area contributed by atoms with Gasteiger partial charge in [-0.3, -0.25) is 0 Å². The van der Waals surface area contributed by atoms with Gasteiger partial charge in [-0.2, -0.15) is 0 Å². The first kappa shape index (κ1) is 22.2. The second kappa shape index (κ2) is 10.5. The van der Waals surface area contributed by atoms with Gasteiger partial charge in [-0.1, -0.05) is 31.4 Å². The van der Waals surface area contributed by atoms with Crippen LogP contribution in [0.3, 0.4) is 0 Å². The number of esters is 1. The molecule has 0 amide bonds. The summed E-state index contributed by atoms with van der Waals surface area (Å²) in [6.45, 7) is 3.21. The van der Waals surface area contributed by atoms with Crippen LogP contribution in [0, 0.1) is 0 Å². The molecule has 4 N–H and O–H groups in total. The van der Waals surface area contributed by atoms with Crippen molar-refractivity contribution in [2.24, 2.45) is 0 Å². The van der Waals surface area contributed by atoms with Gasteiger partial charge < -0.3 is 25.2 Å². The Balaban J connectivity index is 2.43. The largest absolute Gasteiger partial charge is 0.507 e. The number of phenols is 2. The molecular formula is C22H32O6. The van der Waals surface area contributed by atoms with E-state index in [0.717, 1.165) is 38.5 Å². The molecule has 0 aliphatic heterocycles. The zero-order chi connectivity index (χ0) is 20.7. The van der Waals surface area contributed by atoms with Crippen molar-refractivity contribution in [1.82, 2.24) is 0 Å². The molecule has 0 saturated carbocycles. The van der Waals surface area contributed by atoms with E-state index in [0.29, 0.717) is 17.5 Å². The second-order valence-electron chi connectivity index (χ2n) is 7.60. The van der Waals surface area contributed by atoms with E-state index in [1.54, 1.807) is 6.07 Å². The Morgan fingerprint density at radius 2 is 2.07 bits per heavy atom. The summed E-state index contributed by atoms with van der Waals surface area (Å²) in [5.74, 6) is -1.17. The predicted octanol–water partition coefficient (Wildman–Crippen LogP) is 3.55. The number of carbonyl (C=O) groups excluding carboxylic acids is 1. The van der Waals surface area contributed by atoms with E-state index >= 15 is 0 Å². The maximum atomic E-state index is 12.7. The van der Waals surface area contributed by atoms with E-state index < -0.39 is 18.7 Å². The highest BCUT2D eigenvalue weighted by Gasteiger charge is 2.28. The van der Waals surface area contributed by atoms with Gasteiger partial charge in [0.1, 0.15) is 29.8 Å². The summed E-state index contributed by atoms with van der Waals surface area (Å²) in [6.07, 6.45) is 6.89. The minimum Gasteiger partial charge on any atom is -0.507 e. The van der Waals surface area contributed by atoms with Crippen LogP contribution in [-0.4, -0.2) is 45.7 Å². The van der Waals surface area contributed by atoms with Gasteiger partial charge in [-0.05, 0) is 50.7 Å². The van der Waals surface area contributed by atoms with Gasteiger partial charge in [-0.15, -0.1) is 0 Å². The zero-order valence-electron chi connectivity index (χ0n) is 16.8. The van der Waals surface area contributed by atoms with Crippen molar-refractivity contribution >= 4 is 5.97 Å². The van der Waals surface area contributed by atoms with Crippen LogP contribution in [-0.2, 0) is 11.2 Å². The van der Waals surface area contributed by atoms with E-state index in [-0.39, 0.29) is 29.6 Å². The van der Waals surface area contributed by atoms with Crippen LogP contribution in [0.25, 0.3) is 0 Å². The second-order valence-corrected chi connectivity index (χ2v) is 7.60. The molecule has 0 fully saturated rings. The Kier molecular flexibility index (Phi) is 8.33. The topological polar surface area (TPSA) is 107 Å². The monoisotopic (exact) mass is 392 g/mol.